The fourth-order valence-electron chi connectivity index (χ4n) is 2.30. The maximum Gasteiger partial charge on any atom is 0.292 e. The van der Waals surface area contributed by atoms with E-state index in [-0.39, 0.29) is 30.5 Å². The first-order valence-corrected chi connectivity index (χ1v) is 8.06. The Morgan fingerprint density at radius 2 is 1.77 bits per heavy atom. The number of rotatable bonds is 8. The topological polar surface area (TPSA) is 113 Å². The van der Waals surface area contributed by atoms with Crippen molar-refractivity contribution in [1.82, 2.24) is 10.6 Å². The van der Waals surface area contributed by atoms with E-state index in [1.165, 1.54) is 6.07 Å². The van der Waals surface area contributed by atoms with Crippen molar-refractivity contribution < 1.29 is 14.5 Å². The molecule has 0 saturated carbocycles. The third-order valence-corrected chi connectivity index (χ3v) is 3.70. The maximum absolute atomic E-state index is 11.9. The Morgan fingerprint density at radius 3 is 2.42 bits per heavy atom. The number of nitrogens with one attached hydrogen (secondary N) is 3. The number of amides is 2. The standard InChI is InChI=1S/C18H20N4O4/c1-19-18(24)14-8-6-13(7-9-14)12-21-17(23)10-11-20-15-4-2-3-5-16(15)22(25)26/h2-9,20H,10-12H2,1H3,(H,19,24)(H,21,23). The molecule has 0 aromatic heterocycles. The molecule has 8 heteroatoms. The zero-order chi connectivity index (χ0) is 18.9. The van der Waals surface area contributed by atoms with Gasteiger partial charge in [-0.15, -0.1) is 0 Å². The SMILES string of the molecule is CNC(=O)c1ccc(CNC(=O)CCNc2ccccc2[N+](=O)[O-])cc1. The summed E-state index contributed by atoms with van der Waals surface area (Å²) in [5, 5.41) is 19.1. The van der Waals surface area contributed by atoms with Crippen LogP contribution in [-0.2, 0) is 11.3 Å². The lowest BCUT2D eigenvalue weighted by Crippen LogP contribution is -2.25. The van der Waals surface area contributed by atoms with Crippen molar-refractivity contribution in [1.29, 1.82) is 0 Å². The highest BCUT2D eigenvalue weighted by atomic mass is 16.6. The van der Waals surface area contributed by atoms with Gasteiger partial charge in [0.05, 0.1) is 4.92 Å². The summed E-state index contributed by atoms with van der Waals surface area (Å²) >= 11 is 0. The van der Waals surface area contributed by atoms with Crippen LogP contribution in [0.1, 0.15) is 22.3 Å². The Kier molecular flexibility index (Phi) is 6.67. The maximum atomic E-state index is 11.9. The Balaban J connectivity index is 1.77. The van der Waals surface area contributed by atoms with E-state index < -0.39 is 4.92 Å². The van der Waals surface area contributed by atoms with Crippen LogP contribution >= 0.6 is 0 Å². The fraction of sp³-hybridized carbons (Fsp3) is 0.222. The molecule has 2 aromatic carbocycles. The molecule has 2 aromatic rings. The molecule has 0 fully saturated rings. The summed E-state index contributed by atoms with van der Waals surface area (Å²) in [5.74, 6) is -0.340. The first-order chi connectivity index (χ1) is 12.5. The second-order valence-corrected chi connectivity index (χ2v) is 5.50. The number of benzene rings is 2. The summed E-state index contributed by atoms with van der Waals surface area (Å²) in [4.78, 5) is 33.8. The number of carbonyl (C=O) groups excluding carboxylic acids is 2. The van der Waals surface area contributed by atoms with Gasteiger partial charge in [0.25, 0.3) is 11.6 Å². The highest BCUT2D eigenvalue weighted by Crippen LogP contribution is 2.22. The molecule has 8 nitrogen and oxygen atoms in total. The molecule has 0 unspecified atom stereocenters. The second kappa shape index (κ2) is 9.16. The molecule has 2 rings (SSSR count). The number of para-hydroxylation sites is 2. The van der Waals surface area contributed by atoms with Crippen molar-refractivity contribution in [3.05, 3.63) is 69.8 Å². The van der Waals surface area contributed by atoms with Crippen LogP contribution in [0.3, 0.4) is 0 Å². The summed E-state index contributed by atoms with van der Waals surface area (Å²) in [6, 6.07) is 13.2. The summed E-state index contributed by atoms with van der Waals surface area (Å²) < 4.78 is 0. The molecular weight excluding hydrogens is 336 g/mol. The minimum absolute atomic E-state index is 0.0240. The van der Waals surface area contributed by atoms with E-state index in [0.29, 0.717) is 17.8 Å². The summed E-state index contributed by atoms with van der Waals surface area (Å²) in [7, 11) is 1.56. The first kappa shape index (κ1) is 18.9. The van der Waals surface area contributed by atoms with E-state index in [0.717, 1.165) is 5.56 Å². The Bertz CT molecular complexity index is 790. The van der Waals surface area contributed by atoms with Gasteiger partial charge in [0.1, 0.15) is 5.69 Å². The van der Waals surface area contributed by atoms with Gasteiger partial charge in [-0.25, -0.2) is 0 Å². The number of hydrogen-bond acceptors (Lipinski definition) is 5. The fourth-order valence-corrected chi connectivity index (χ4v) is 2.30. The number of nitro groups is 1. The van der Waals surface area contributed by atoms with Crippen LogP contribution in [0.5, 0.6) is 0 Å². The van der Waals surface area contributed by atoms with Gasteiger partial charge >= 0.3 is 0 Å². The molecule has 0 bridgehead atoms. The molecular formula is C18H20N4O4. The van der Waals surface area contributed by atoms with Gasteiger partial charge in [0, 0.05) is 38.2 Å². The Labute approximate surface area is 150 Å². The van der Waals surface area contributed by atoms with Crippen molar-refractivity contribution >= 4 is 23.2 Å². The van der Waals surface area contributed by atoms with Gasteiger partial charge in [-0.1, -0.05) is 24.3 Å². The van der Waals surface area contributed by atoms with Crippen LogP contribution in [0.15, 0.2) is 48.5 Å². The number of nitrogens with zero attached hydrogens (tertiary/aromatic N) is 1. The molecule has 0 atom stereocenters. The Morgan fingerprint density at radius 1 is 1.08 bits per heavy atom. The highest BCUT2D eigenvalue weighted by molar-refractivity contribution is 5.93. The van der Waals surface area contributed by atoms with E-state index in [1.54, 1.807) is 49.5 Å². The zero-order valence-electron chi connectivity index (χ0n) is 14.3. The van der Waals surface area contributed by atoms with E-state index >= 15 is 0 Å². The molecule has 2 amide bonds. The normalized spacial score (nSPS) is 10.0. The van der Waals surface area contributed by atoms with Gasteiger partial charge in [-0.05, 0) is 23.8 Å². The molecule has 0 aliphatic rings. The number of anilines is 1. The van der Waals surface area contributed by atoms with Gasteiger partial charge in [0.15, 0.2) is 0 Å². The lowest BCUT2D eigenvalue weighted by molar-refractivity contribution is -0.384. The number of carbonyl (C=O) groups is 2. The van der Waals surface area contributed by atoms with E-state index in [1.807, 2.05) is 0 Å². The average Bonchev–Trinajstić information content (AvgIpc) is 2.66. The summed E-state index contributed by atoms with van der Waals surface area (Å²) in [6.45, 7) is 0.630. The van der Waals surface area contributed by atoms with Gasteiger partial charge in [0.2, 0.25) is 5.91 Å². The van der Waals surface area contributed by atoms with Gasteiger partial charge in [-0.2, -0.15) is 0 Å². The van der Waals surface area contributed by atoms with E-state index in [4.69, 9.17) is 0 Å². The van der Waals surface area contributed by atoms with Crippen molar-refractivity contribution in [3.8, 4) is 0 Å². The molecule has 3 N–H and O–H groups in total. The molecule has 0 spiro atoms. The largest absolute Gasteiger partial charge is 0.379 e. The molecule has 0 aliphatic heterocycles. The third-order valence-electron chi connectivity index (χ3n) is 3.70. The van der Waals surface area contributed by atoms with Crippen molar-refractivity contribution in [2.24, 2.45) is 0 Å². The Hall–Kier alpha value is -3.42. The van der Waals surface area contributed by atoms with Crippen molar-refractivity contribution in [2.45, 2.75) is 13.0 Å². The summed E-state index contributed by atoms with van der Waals surface area (Å²) in [5.41, 5.74) is 1.79. The monoisotopic (exact) mass is 356 g/mol. The van der Waals surface area contributed by atoms with Gasteiger partial charge < -0.3 is 16.0 Å². The van der Waals surface area contributed by atoms with E-state index in [2.05, 4.69) is 16.0 Å². The quantitative estimate of drug-likeness (QED) is 0.495. The van der Waals surface area contributed by atoms with Crippen LogP contribution in [0.2, 0.25) is 0 Å². The minimum atomic E-state index is -0.467. The smallest absolute Gasteiger partial charge is 0.292 e. The van der Waals surface area contributed by atoms with E-state index in [9.17, 15) is 19.7 Å². The predicted octanol–water partition coefficient (Wildman–Crippen LogP) is 2.07. The lowest BCUT2D eigenvalue weighted by atomic mass is 10.1. The molecule has 136 valence electrons. The zero-order valence-corrected chi connectivity index (χ0v) is 14.3. The van der Waals surface area contributed by atoms with Crippen molar-refractivity contribution in [3.63, 3.8) is 0 Å². The lowest BCUT2D eigenvalue weighted by Gasteiger charge is -2.08. The van der Waals surface area contributed by atoms with Crippen LogP contribution in [0.4, 0.5) is 11.4 Å². The first-order valence-electron chi connectivity index (χ1n) is 8.06. The number of nitro benzene ring substituents is 1. The van der Waals surface area contributed by atoms with Crippen molar-refractivity contribution in [2.75, 3.05) is 18.9 Å². The third kappa shape index (κ3) is 5.30. The van der Waals surface area contributed by atoms with Crippen LogP contribution < -0.4 is 16.0 Å². The second-order valence-electron chi connectivity index (χ2n) is 5.50. The van der Waals surface area contributed by atoms with Crippen LogP contribution in [-0.4, -0.2) is 30.3 Å². The number of hydrogen-bond donors (Lipinski definition) is 3. The van der Waals surface area contributed by atoms with Crippen LogP contribution in [0.25, 0.3) is 0 Å². The molecule has 0 saturated heterocycles. The highest BCUT2D eigenvalue weighted by Gasteiger charge is 2.12. The van der Waals surface area contributed by atoms with Gasteiger partial charge in [-0.3, -0.25) is 19.7 Å². The minimum Gasteiger partial charge on any atom is -0.379 e. The average molecular weight is 356 g/mol. The predicted molar refractivity (Wildman–Crippen MR) is 97.9 cm³/mol. The summed E-state index contributed by atoms with van der Waals surface area (Å²) in [6.07, 6.45) is 0.183. The molecule has 0 aliphatic carbocycles. The molecule has 26 heavy (non-hydrogen) atoms. The van der Waals surface area contributed by atoms with Crippen LogP contribution in [0, 0.1) is 10.1 Å². The molecule has 0 heterocycles. The molecule has 0 radical (unpaired) electrons.